The first-order chi connectivity index (χ1) is 10.2. The van der Waals surface area contributed by atoms with Crippen LogP contribution in [0.3, 0.4) is 0 Å². The average Bonchev–Trinajstić information content (AvgIpc) is 3.13. The summed E-state index contributed by atoms with van der Waals surface area (Å²) in [6.07, 6.45) is 3.58. The fourth-order valence-electron chi connectivity index (χ4n) is 2.72. The van der Waals surface area contributed by atoms with Crippen molar-refractivity contribution in [3.63, 3.8) is 0 Å². The molecule has 0 spiro atoms. The Labute approximate surface area is 147 Å². The molecule has 0 bridgehead atoms. The fourth-order valence-corrected chi connectivity index (χ4v) is 2.72. The van der Waals surface area contributed by atoms with E-state index in [-0.39, 0.29) is 42.6 Å². The first-order valence-corrected chi connectivity index (χ1v) is 7.40. The summed E-state index contributed by atoms with van der Waals surface area (Å²) >= 11 is 0. The van der Waals surface area contributed by atoms with Crippen LogP contribution in [0.15, 0.2) is 12.3 Å². The van der Waals surface area contributed by atoms with Crippen LogP contribution < -0.4 is 5.32 Å². The first kappa shape index (κ1) is 19.6. The Balaban J connectivity index is 0.00000132. The molecule has 0 aliphatic carbocycles. The second-order valence-electron chi connectivity index (χ2n) is 5.38. The Morgan fingerprint density at radius 1 is 1.48 bits per heavy atom. The van der Waals surface area contributed by atoms with Crippen molar-refractivity contribution in [3.8, 4) is 0 Å². The number of nitrogens with zero attached hydrogens (tertiary/aromatic N) is 5. The third-order valence-corrected chi connectivity index (χ3v) is 3.82. The highest BCUT2D eigenvalue weighted by molar-refractivity contribution is 5.91. The van der Waals surface area contributed by atoms with Gasteiger partial charge in [-0.15, -0.1) is 29.9 Å². The number of nitrogens with one attached hydrogen (secondary N) is 1. The van der Waals surface area contributed by atoms with Crippen LogP contribution in [-0.2, 0) is 0 Å². The monoisotopic (exact) mass is 360 g/mol. The zero-order valence-corrected chi connectivity index (χ0v) is 14.9. The Bertz CT molecular complexity index is 656. The fraction of sp³-hybridized carbons (Fsp3) is 0.571. The topological polar surface area (TPSA) is 75.4 Å². The van der Waals surface area contributed by atoms with Crippen LogP contribution in [-0.4, -0.2) is 56.1 Å². The van der Waals surface area contributed by atoms with Crippen molar-refractivity contribution in [1.29, 1.82) is 0 Å². The SMILES string of the molecule is CCCN(C(=O)c1nc2nccc(C)n2n1)C1CCNC1.Cl.Cl. The predicted octanol–water partition coefficient (Wildman–Crippen LogP) is 1.49. The number of hydrogen-bond donors (Lipinski definition) is 1. The van der Waals surface area contributed by atoms with Gasteiger partial charge in [-0.25, -0.2) is 9.50 Å². The van der Waals surface area contributed by atoms with E-state index in [2.05, 4.69) is 27.3 Å². The van der Waals surface area contributed by atoms with Gasteiger partial charge < -0.3 is 10.2 Å². The zero-order chi connectivity index (χ0) is 14.8. The molecule has 1 atom stereocenters. The van der Waals surface area contributed by atoms with Crippen molar-refractivity contribution < 1.29 is 4.79 Å². The van der Waals surface area contributed by atoms with E-state index in [0.29, 0.717) is 5.78 Å². The van der Waals surface area contributed by atoms with Crippen molar-refractivity contribution in [2.45, 2.75) is 32.7 Å². The number of aromatic nitrogens is 4. The quantitative estimate of drug-likeness (QED) is 0.893. The van der Waals surface area contributed by atoms with E-state index in [0.717, 1.165) is 38.2 Å². The van der Waals surface area contributed by atoms with Crippen molar-refractivity contribution in [3.05, 3.63) is 23.8 Å². The molecule has 3 heterocycles. The number of carbonyl (C=O) groups excluding carboxylic acids is 1. The lowest BCUT2D eigenvalue weighted by molar-refractivity contribution is 0.0680. The molecule has 0 aromatic carbocycles. The Kier molecular flexibility index (Phi) is 7.18. The van der Waals surface area contributed by atoms with E-state index in [1.807, 2.05) is 17.9 Å². The summed E-state index contributed by atoms with van der Waals surface area (Å²) < 4.78 is 1.62. The van der Waals surface area contributed by atoms with E-state index in [9.17, 15) is 4.79 Å². The highest BCUT2D eigenvalue weighted by Gasteiger charge is 2.29. The van der Waals surface area contributed by atoms with Crippen LogP contribution in [0.4, 0.5) is 0 Å². The average molecular weight is 361 g/mol. The maximum atomic E-state index is 12.7. The number of rotatable bonds is 4. The van der Waals surface area contributed by atoms with E-state index >= 15 is 0 Å². The molecule has 0 saturated carbocycles. The van der Waals surface area contributed by atoms with Crippen molar-refractivity contribution in [2.75, 3.05) is 19.6 Å². The Morgan fingerprint density at radius 3 is 2.87 bits per heavy atom. The van der Waals surface area contributed by atoms with Crippen molar-refractivity contribution >= 4 is 36.5 Å². The summed E-state index contributed by atoms with van der Waals surface area (Å²) in [6.45, 7) is 6.52. The first-order valence-electron chi connectivity index (χ1n) is 7.40. The predicted molar refractivity (Wildman–Crippen MR) is 92.6 cm³/mol. The Morgan fingerprint density at radius 2 is 2.26 bits per heavy atom. The summed E-state index contributed by atoms with van der Waals surface area (Å²) in [4.78, 5) is 23.1. The van der Waals surface area contributed by atoms with Gasteiger partial charge in [-0.2, -0.15) is 4.98 Å². The third kappa shape index (κ3) is 3.91. The third-order valence-electron chi connectivity index (χ3n) is 3.82. The van der Waals surface area contributed by atoms with Crippen molar-refractivity contribution in [1.82, 2.24) is 29.8 Å². The maximum absolute atomic E-state index is 12.7. The molecule has 3 rings (SSSR count). The molecule has 128 valence electrons. The number of aryl methyl sites for hydroxylation is 1. The molecular formula is C14H22Cl2N6O. The van der Waals surface area contributed by atoms with Gasteiger partial charge in [0.2, 0.25) is 5.82 Å². The molecule has 9 heteroatoms. The highest BCUT2D eigenvalue weighted by atomic mass is 35.5. The molecule has 1 unspecified atom stereocenters. The summed E-state index contributed by atoms with van der Waals surface area (Å²) in [5, 5.41) is 7.62. The molecule has 1 fully saturated rings. The number of hydrogen-bond acceptors (Lipinski definition) is 5. The number of carbonyl (C=O) groups is 1. The molecular weight excluding hydrogens is 339 g/mol. The van der Waals surface area contributed by atoms with E-state index < -0.39 is 0 Å². The van der Waals surface area contributed by atoms with Crippen molar-refractivity contribution in [2.24, 2.45) is 0 Å². The second-order valence-corrected chi connectivity index (χ2v) is 5.38. The maximum Gasteiger partial charge on any atom is 0.293 e. The molecule has 0 radical (unpaired) electrons. The van der Waals surface area contributed by atoms with Gasteiger partial charge in [0.15, 0.2) is 0 Å². The zero-order valence-electron chi connectivity index (χ0n) is 13.2. The highest BCUT2D eigenvalue weighted by Crippen LogP contribution is 2.13. The van der Waals surface area contributed by atoms with Gasteiger partial charge in [0, 0.05) is 31.0 Å². The minimum absolute atomic E-state index is 0. The minimum Gasteiger partial charge on any atom is -0.332 e. The van der Waals surface area contributed by atoms with Crippen LogP contribution in [0.25, 0.3) is 5.78 Å². The van der Waals surface area contributed by atoms with Crippen LogP contribution in [0, 0.1) is 6.92 Å². The van der Waals surface area contributed by atoms with Gasteiger partial charge in [0.25, 0.3) is 11.7 Å². The molecule has 7 nitrogen and oxygen atoms in total. The smallest absolute Gasteiger partial charge is 0.293 e. The molecule has 2 aromatic heterocycles. The van der Waals surface area contributed by atoms with Crippen LogP contribution >= 0.6 is 24.8 Å². The van der Waals surface area contributed by atoms with Gasteiger partial charge in [-0.05, 0) is 32.4 Å². The summed E-state index contributed by atoms with van der Waals surface area (Å²) in [7, 11) is 0. The number of amides is 1. The Hall–Kier alpha value is -1.44. The molecule has 1 aliphatic heterocycles. The van der Waals surface area contributed by atoms with Crippen LogP contribution in [0.5, 0.6) is 0 Å². The summed E-state index contributed by atoms with van der Waals surface area (Å²) in [5.74, 6) is 0.604. The van der Waals surface area contributed by atoms with Gasteiger partial charge in [-0.3, -0.25) is 4.79 Å². The minimum atomic E-state index is -0.101. The molecule has 1 amide bonds. The van der Waals surface area contributed by atoms with E-state index in [4.69, 9.17) is 0 Å². The second kappa shape index (κ2) is 8.42. The summed E-state index contributed by atoms with van der Waals surface area (Å²) in [6, 6.07) is 2.08. The van der Waals surface area contributed by atoms with Gasteiger partial charge in [-0.1, -0.05) is 6.92 Å². The van der Waals surface area contributed by atoms with E-state index in [1.54, 1.807) is 10.7 Å². The summed E-state index contributed by atoms with van der Waals surface area (Å²) in [5.41, 5.74) is 0.913. The van der Waals surface area contributed by atoms with E-state index in [1.165, 1.54) is 0 Å². The van der Waals surface area contributed by atoms with Gasteiger partial charge in [0.1, 0.15) is 0 Å². The molecule has 1 aliphatic rings. The molecule has 1 N–H and O–H groups in total. The van der Waals surface area contributed by atoms with Gasteiger partial charge >= 0.3 is 0 Å². The lowest BCUT2D eigenvalue weighted by atomic mass is 10.2. The molecule has 2 aromatic rings. The lowest BCUT2D eigenvalue weighted by Gasteiger charge is -2.26. The number of halogens is 2. The largest absolute Gasteiger partial charge is 0.332 e. The standard InChI is InChI=1S/C14H20N6O.2ClH/c1-3-8-19(11-5-6-15-9-11)13(21)12-17-14-16-7-4-10(2)20(14)18-12;;/h4,7,11,15H,3,5-6,8-9H2,1-2H3;2*1H. The van der Waals surface area contributed by atoms with Crippen LogP contribution in [0.1, 0.15) is 36.1 Å². The van der Waals surface area contributed by atoms with Crippen LogP contribution in [0.2, 0.25) is 0 Å². The van der Waals surface area contributed by atoms with Gasteiger partial charge in [0.05, 0.1) is 0 Å². The lowest BCUT2D eigenvalue weighted by Crippen LogP contribution is -2.42. The molecule has 1 saturated heterocycles. The molecule has 23 heavy (non-hydrogen) atoms. The normalized spacial score (nSPS) is 16.7. The number of fused-ring (bicyclic) bond motifs is 1.